The fourth-order valence-electron chi connectivity index (χ4n) is 3.39. The number of nitrogens with zero attached hydrogens (tertiary/aromatic N) is 1. The van der Waals surface area contributed by atoms with Crippen LogP contribution in [0.2, 0.25) is 0 Å². The molecule has 0 saturated heterocycles. The van der Waals surface area contributed by atoms with Gasteiger partial charge in [-0.1, -0.05) is 63.2 Å². The van der Waals surface area contributed by atoms with E-state index < -0.39 is 5.41 Å². The number of hydrogen-bond acceptors (Lipinski definition) is 4. The first kappa shape index (κ1) is 24.3. The summed E-state index contributed by atoms with van der Waals surface area (Å²) in [5.74, 6) is 0.915. The van der Waals surface area contributed by atoms with Crippen molar-refractivity contribution < 1.29 is 14.3 Å². The molecule has 5 nitrogen and oxygen atoms in total. The molecule has 0 aliphatic carbocycles. The topological polar surface area (TPSA) is 71.3 Å². The van der Waals surface area contributed by atoms with Gasteiger partial charge in [0.05, 0.1) is 17.1 Å². The number of anilines is 1. The largest absolute Gasteiger partial charge is 0.493 e. The number of amides is 1. The van der Waals surface area contributed by atoms with Crippen LogP contribution in [0.25, 0.3) is 11.1 Å². The van der Waals surface area contributed by atoms with Crippen molar-refractivity contribution in [3.8, 4) is 28.7 Å². The molecule has 0 saturated carbocycles. The van der Waals surface area contributed by atoms with Gasteiger partial charge in [-0.15, -0.1) is 0 Å². The van der Waals surface area contributed by atoms with Gasteiger partial charge in [0.2, 0.25) is 5.91 Å². The Labute approximate surface area is 203 Å². The van der Waals surface area contributed by atoms with Crippen molar-refractivity contribution in [2.45, 2.75) is 34.3 Å². The predicted octanol–water partition coefficient (Wildman–Crippen LogP) is 6.87. The molecule has 0 unspecified atom stereocenters. The van der Waals surface area contributed by atoms with Crippen LogP contribution in [-0.2, 0) is 11.4 Å². The first-order valence-electron chi connectivity index (χ1n) is 10.6. The third-order valence-electron chi connectivity index (χ3n) is 5.25. The summed E-state index contributed by atoms with van der Waals surface area (Å²) in [7, 11) is 1.52. The van der Waals surface area contributed by atoms with E-state index in [0.717, 1.165) is 22.3 Å². The SMILES string of the molecule is COc1c(Br)c(-c2cccc(OCc3ccccc3)c2)c(C)c(C#N)c1NC(=O)C(C)(C)C. The van der Waals surface area contributed by atoms with Gasteiger partial charge in [-0.3, -0.25) is 4.79 Å². The van der Waals surface area contributed by atoms with E-state index in [1.54, 1.807) is 0 Å². The molecular formula is C27H27BrN2O3. The maximum absolute atomic E-state index is 12.7. The number of benzene rings is 3. The maximum atomic E-state index is 12.7. The van der Waals surface area contributed by atoms with Crippen molar-refractivity contribution in [1.82, 2.24) is 0 Å². The molecule has 6 heteroatoms. The van der Waals surface area contributed by atoms with Crippen LogP contribution in [0.1, 0.15) is 37.5 Å². The Kier molecular flexibility index (Phi) is 7.45. The van der Waals surface area contributed by atoms with Crippen LogP contribution in [0.3, 0.4) is 0 Å². The highest BCUT2D eigenvalue weighted by atomic mass is 79.9. The molecule has 0 bridgehead atoms. The lowest BCUT2D eigenvalue weighted by molar-refractivity contribution is -0.123. The minimum atomic E-state index is -0.624. The summed E-state index contributed by atoms with van der Waals surface area (Å²) in [5.41, 5.74) is 3.59. The normalized spacial score (nSPS) is 10.9. The van der Waals surface area contributed by atoms with Crippen LogP contribution >= 0.6 is 15.9 Å². The number of methoxy groups -OCH3 is 1. The van der Waals surface area contributed by atoms with Crippen molar-refractivity contribution >= 4 is 27.5 Å². The van der Waals surface area contributed by atoms with Crippen LogP contribution in [0.15, 0.2) is 59.1 Å². The first-order chi connectivity index (χ1) is 15.7. The van der Waals surface area contributed by atoms with E-state index in [4.69, 9.17) is 9.47 Å². The van der Waals surface area contributed by atoms with Crippen molar-refractivity contribution in [1.29, 1.82) is 5.26 Å². The molecule has 3 aromatic carbocycles. The zero-order valence-corrected chi connectivity index (χ0v) is 21.0. The minimum absolute atomic E-state index is 0.201. The van der Waals surface area contributed by atoms with Gasteiger partial charge in [0.1, 0.15) is 24.1 Å². The van der Waals surface area contributed by atoms with Crippen LogP contribution in [-0.4, -0.2) is 13.0 Å². The third kappa shape index (κ3) is 5.37. The molecule has 170 valence electrons. The number of rotatable bonds is 6. The molecule has 0 fully saturated rings. The second kappa shape index (κ2) is 10.1. The van der Waals surface area contributed by atoms with Gasteiger partial charge in [-0.2, -0.15) is 5.26 Å². The summed E-state index contributed by atoms with van der Waals surface area (Å²) in [6.07, 6.45) is 0. The maximum Gasteiger partial charge on any atom is 0.229 e. The quantitative estimate of drug-likeness (QED) is 0.395. The molecule has 0 heterocycles. The second-order valence-electron chi connectivity index (χ2n) is 8.72. The summed E-state index contributed by atoms with van der Waals surface area (Å²) < 4.78 is 12.3. The zero-order valence-electron chi connectivity index (χ0n) is 19.5. The highest BCUT2D eigenvalue weighted by molar-refractivity contribution is 9.10. The standard InChI is InChI=1S/C27H27BrN2O3/c1-17-21(15-29)24(30-26(31)27(2,3)4)25(32-5)23(28)22(17)19-12-9-13-20(14-19)33-16-18-10-7-6-8-11-18/h6-14H,16H2,1-5H3,(H,30,31). The van der Waals surface area contributed by atoms with E-state index in [-0.39, 0.29) is 5.91 Å². The lowest BCUT2D eigenvalue weighted by Gasteiger charge is -2.23. The average molecular weight is 507 g/mol. The first-order valence-corrected chi connectivity index (χ1v) is 11.4. The summed E-state index contributed by atoms with van der Waals surface area (Å²) in [6.45, 7) is 7.77. The van der Waals surface area contributed by atoms with Gasteiger partial charge < -0.3 is 14.8 Å². The number of hydrogen-bond donors (Lipinski definition) is 1. The Bertz CT molecular complexity index is 1210. The molecule has 3 aromatic rings. The molecule has 33 heavy (non-hydrogen) atoms. The van der Waals surface area contributed by atoms with Gasteiger partial charge in [0.25, 0.3) is 0 Å². The lowest BCUT2D eigenvalue weighted by Crippen LogP contribution is -2.28. The Balaban J connectivity index is 2.05. The molecule has 3 rings (SSSR count). The summed E-state index contributed by atoms with van der Waals surface area (Å²) >= 11 is 3.66. The van der Waals surface area contributed by atoms with Gasteiger partial charge in [0.15, 0.2) is 5.75 Å². The van der Waals surface area contributed by atoms with E-state index in [2.05, 4.69) is 27.3 Å². The molecule has 0 atom stereocenters. The molecule has 1 N–H and O–H groups in total. The summed E-state index contributed by atoms with van der Waals surface area (Å²) in [6, 6.07) is 19.9. The van der Waals surface area contributed by atoms with E-state index in [1.165, 1.54) is 7.11 Å². The fraction of sp³-hybridized carbons (Fsp3) is 0.259. The molecule has 0 aliphatic heterocycles. The number of halogens is 1. The van der Waals surface area contributed by atoms with Gasteiger partial charge in [-0.05, 0) is 51.7 Å². The summed E-state index contributed by atoms with van der Waals surface area (Å²) in [4.78, 5) is 12.7. The number of ether oxygens (including phenoxy) is 2. The number of nitrogens with one attached hydrogen (secondary N) is 1. The zero-order chi connectivity index (χ0) is 24.2. The van der Waals surface area contributed by atoms with Crippen LogP contribution in [0.5, 0.6) is 11.5 Å². The van der Waals surface area contributed by atoms with Crippen molar-refractivity contribution in [3.05, 3.63) is 75.8 Å². The average Bonchev–Trinajstić information content (AvgIpc) is 2.78. The van der Waals surface area contributed by atoms with E-state index in [0.29, 0.717) is 33.8 Å². The second-order valence-corrected chi connectivity index (χ2v) is 9.51. The predicted molar refractivity (Wildman–Crippen MR) is 134 cm³/mol. The molecule has 0 radical (unpaired) electrons. The van der Waals surface area contributed by atoms with E-state index >= 15 is 0 Å². The molecule has 0 aliphatic rings. The van der Waals surface area contributed by atoms with Crippen LogP contribution in [0.4, 0.5) is 5.69 Å². The number of carbonyl (C=O) groups excluding carboxylic acids is 1. The van der Waals surface area contributed by atoms with Gasteiger partial charge >= 0.3 is 0 Å². The number of carbonyl (C=O) groups is 1. The monoisotopic (exact) mass is 506 g/mol. The van der Waals surface area contributed by atoms with Crippen LogP contribution in [0, 0.1) is 23.7 Å². The van der Waals surface area contributed by atoms with Crippen molar-refractivity contribution in [3.63, 3.8) is 0 Å². The lowest BCUT2D eigenvalue weighted by atomic mass is 9.92. The third-order valence-corrected chi connectivity index (χ3v) is 6.01. The van der Waals surface area contributed by atoms with Crippen molar-refractivity contribution in [2.24, 2.45) is 5.41 Å². The van der Waals surface area contributed by atoms with E-state index in [9.17, 15) is 10.1 Å². The molecular weight excluding hydrogens is 480 g/mol. The highest BCUT2D eigenvalue weighted by Crippen LogP contribution is 2.46. The highest BCUT2D eigenvalue weighted by Gasteiger charge is 2.28. The van der Waals surface area contributed by atoms with E-state index in [1.807, 2.05) is 82.3 Å². The molecule has 1 amide bonds. The van der Waals surface area contributed by atoms with Crippen molar-refractivity contribution in [2.75, 3.05) is 12.4 Å². The van der Waals surface area contributed by atoms with Gasteiger partial charge in [0, 0.05) is 11.0 Å². The fourth-order valence-corrected chi connectivity index (χ4v) is 4.28. The van der Waals surface area contributed by atoms with Gasteiger partial charge in [-0.25, -0.2) is 0 Å². The molecule has 0 spiro atoms. The minimum Gasteiger partial charge on any atom is -0.493 e. The Morgan fingerprint density at radius 1 is 1.12 bits per heavy atom. The number of nitriles is 1. The Morgan fingerprint density at radius 3 is 2.42 bits per heavy atom. The molecule has 0 aromatic heterocycles. The van der Waals surface area contributed by atoms with Crippen LogP contribution < -0.4 is 14.8 Å². The smallest absolute Gasteiger partial charge is 0.229 e. The summed E-state index contributed by atoms with van der Waals surface area (Å²) in [5, 5.41) is 12.9. The Hall–Kier alpha value is -3.30. The Morgan fingerprint density at radius 2 is 1.82 bits per heavy atom.